The smallest absolute Gasteiger partial charge is 0.407 e. The Balaban J connectivity index is 2.42. The Labute approximate surface area is 125 Å². The number of hydrogen-bond donors (Lipinski definition) is 1. The second kappa shape index (κ2) is 7.49. The lowest BCUT2D eigenvalue weighted by Crippen LogP contribution is -2.32. The molecular weight excluding hydrogens is 266 g/mol. The van der Waals surface area contributed by atoms with E-state index in [1.165, 1.54) is 6.92 Å². The van der Waals surface area contributed by atoms with Gasteiger partial charge in [0.25, 0.3) is 0 Å². The molecule has 1 rings (SSSR count). The summed E-state index contributed by atoms with van der Waals surface area (Å²) in [4.78, 5) is 22.6. The molecule has 1 aromatic rings. The molecule has 1 amide bonds. The van der Waals surface area contributed by atoms with Gasteiger partial charge in [0.15, 0.2) is 5.78 Å². The summed E-state index contributed by atoms with van der Waals surface area (Å²) in [6.45, 7) is 7.39. The number of benzene rings is 1. The summed E-state index contributed by atoms with van der Waals surface area (Å²) in [5.41, 5.74) is 0.941. The molecule has 0 heterocycles. The Hall–Kier alpha value is -2.28. The molecule has 0 aliphatic carbocycles. The molecule has 0 aliphatic rings. The zero-order valence-electron chi connectivity index (χ0n) is 12.9. The number of ketones is 1. The third-order valence-electron chi connectivity index (χ3n) is 2.42. The predicted octanol–water partition coefficient (Wildman–Crippen LogP) is 3.16. The molecule has 0 bridgehead atoms. The number of Topliss-reactive ketones (excluding diaryl/α,β-unsaturated/α-hetero) is 1. The molecule has 1 N–H and O–H groups in total. The van der Waals surface area contributed by atoms with E-state index >= 15 is 0 Å². The van der Waals surface area contributed by atoms with Crippen molar-refractivity contribution in [2.45, 2.75) is 39.7 Å². The molecule has 0 saturated carbocycles. The summed E-state index contributed by atoms with van der Waals surface area (Å²) in [6.07, 6.45) is 0.0756. The van der Waals surface area contributed by atoms with Crippen molar-refractivity contribution >= 4 is 11.9 Å². The van der Waals surface area contributed by atoms with Crippen molar-refractivity contribution in [1.82, 2.24) is 5.32 Å². The topological polar surface area (TPSA) is 55.4 Å². The summed E-state index contributed by atoms with van der Waals surface area (Å²) < 4.78 is 5.11. The van der Waals surface area contributed by atoms with Crippen LogP contribution in [0.2, 0.25) is 0 Å². The van der Waals surface area contributed by atoms with E-state index in [0.717, 1.165) is 5.56 Å². The molecule has 21 heavy (non-hydrogen) atoms. The second-order valence-electron chi connectivity index (χ2n) is 5.62. The number of nitrogens with one attached hydrogen (secondary N) is 1. The highest BCUT2D eigenvalue weighted by Crippen LogP contribution is 2.06. The van der Waals surface area contributed by atoms with Crippen LogP contribution >= 0.6 is 0 Å². The zero-order valence-corrected chi connectivity index (χ0v) is 12.9. The summed E-state index contributed by atoms with van der Waals surface area (Å²) in [6, 6.07) is 7.18. The van der Waals surface area contributed by atoms with Crippen molar-refractivity contribution in [3.8, 4) is 11.8 Å². The lowest BCUT2D eigenvalue weighted by atomic mass is 10.1. The fourth-order valence-corrected chi connectivity index (χ4v) is 1.52. The normalized spacial score (nSPS) is 10.3. The van der Waals surface area contributed by atoms with Crippen LogP contribution in [0.5, 0.6) is 0 Å². The van der Waals surface area contributed by atoms with E-state index in [9.17, 15) is 9.59 Å². The Morgan fingerprint density at radius 2 is 2.00 bits per heavy atom. The van der Waals surface area contributed by atoms with Crippen LogP contribution in [0.25, 0.3) is 0 Å². The van der Waals surface area contributed by atoms with Gasteiger partial charge in [-0.2, -0.15) is 0 Å². The van der Waals surface area contributed by atoms with Crippen molar-refractivity contribution in [1.29, 1.82) is 0 Å². The van der Waals surface area contributed by atoms with Crippen LogP contribution in [0, 0.1) is 11.8 Å². The van der Waals surface area contributed by atoms with E-state index in [2.05, 4.69) is 17.2 Å². The average molecular weight is 287 g/mol. The number of amides is 1. The minimum atomic E-state index is -0.497. The van der Waals surface area contributed by atoms with Crippen LogP contribution in [0.15, 0.2) is 24.3 Å². The fraction of sp³-hybridized carbons (Fsp3) is 0.412. The maximum atomic E-state index is 11.4. The molecule has 112 valence electrons. The maximum Gasteiger partial charge on any atom is 0.407 e. The SMILES string of the molecule is CC(=O)c1cccc(C#CCCNC(=O)OC(C)(C)C)c1. The quantitative estimate of drug-likeness (QED) is 0.528. The standard InChI is InChI=1S/C17H21NO3/c1-13(19)15-10-7-9-14(12-15)8-5-6-11-18-16(20)21-17(2,3)4/h7,9-10,12H,6,11H2,1-4H3,(H,18,20). The predicted molar refractivity (Wildman–Crippen MR) is 82.2 cm³/mol. The molecule has 0 fully saturated rings. The van der Waals surface area contributed by atoms with E-state index in [-0.39, 0.29) is 5.78 Å². The molecule has 0 spiro atoms. The highest BCUT2D eigenvalue weighted by molar-refractivity contribution is 5.94. The number of carbonyl (C=O) groups is 2. The lowest BCUT2D eigenvalue weighted by Gasteiger charge is -2.19. The highest BCUT2D eigenvalue weighted by Gasteiger charge is 2.15. The van der Waals surface area contributed by atoms with Crippen molar-refractivity contribution in [2.75, 3.05) is 6.54 Å². The highest BCUT2D eigenvalue weighted by atomic mass is 16.6. The van der Waals surface area contributed by atoms with Crippen LogP contribution in [0.3, 0.4) is 0 Å². The minimum Gasteiger partial charge on any atom is -0.444 e. The van der Waals surface area contributed by atoms with Gasteiger partial charge in [-0.15, -0.1) is 0 Å². The first kappa shape index (κ1) is 16.8. The number of alkyl carbamates (subject to hydrolysis) is 1. The van der Waals surface area contributed by atoms with Gasteiger partial charge in [-0.3, -0.25) is 4.79 Å². The first-order valence-electron chi connectivity index (χ1n) is 6.84. The van der Waals surface area contributed by atoms with Crippen molar-refractivity contribution in [3.05, 3.63) is 35.4 Å². The van der Waals surface area contributed by atoms with E-state index in [4.69, 9.17) is 4.74 Å². The van der Waals surface area contributed by atoms with E-state index < -0.39 is 11.7 Å². The third kappa shape index (κ3) is 7.17. The van der Waals surface area contributed by atoms with Gasteiger partial charge in [-0.05, 0) is 39.8 Å². The number of hydrogen-bond acceptors (Lipinski definition) is 3. The van der Waals surface area contributed by atoms with Crippen LogP contribution in [-0.4, -0.2) is 24.0 Å². The molecule has 0 radical (unpaired) electrons. The molecule has 4 nitrogen and oxygen atoms in total. The fourth-order valence-electron chi connectivity index (χ4n) is 1.52. The lowest BCUT2D eigenvalue weighted by molar-refractivity contribution is 0.0529. The minimum absolute atomic E-state index is 0.0187. The van der Waals surface area contributed by atoms with Crippen molar-refractivity contribution in [2.24, 2.45) is 0 Å². The first-order chi connectivity index (χ1) is 9.78. The Kier molecular flexibility index (Phi) is 5.98. The molecule has 0 aliphatic heterocycles. The monoisotopic (exact) mass is 287 g/mol. The van der Waals surface area contributed by atoms with Gasteiger partial charge in [0.1, 0.15) is 5.60 Å². The molecule has 1 aromatic carbocycles. The maximum absolute atomic E-state index is 11.4. The number of rotatable bonds is 3. The number of ether oxygens (including phenoxy) is 1. The van der Waals surface area contributed by atoms with Gasteiger partial charge >= 0.3 is 6.09 Å². The van der Waals surface area contributed by atoms with Gasteiger partial charge in [0, 0.05) is 24.1 Å². The van der Waals surface area contributed by atoms with E-state index in [0.29, 0.717) is 18.5 Å². The molecule has 0 unspecified atom stereocenters. The Morgan fingerprint density at radius 1 is 1.29 bits per heavy atom. The van der Waals surface area contributed by atoms with Crippen molar-refractivity contribution < 1.29 is 14.3 Å². The average Bonchev–Trinajstić information content (AvgIpc) is 2.36. The van der Waals surface area contributed by atoms with Gasteiger partial charge in [-0.25, -0.2) is 4.79 Å². The molecule has 4 heteroatoms. The zero-order chi connectivity index (χ0) is 15.9. The van der Waals surface area contributed by atoms with Crippen LogP contribution in [0.1, 0.15) is 50.0 Å². The largest absolute Gasteiger partial charge is 0.444 e. The Bertz CT molecular complexity index is 574. The molecule has 0 atom stereocenters. The van der Waals surface area contributed by atoms with Crippen LogP contribution in [0.4, 0.5) is 4.79 Å². The molecule has 0 aromatic heterocycles. The van der Waals surface area contributed by atoms with Crippen molar-refractivity contribution in [3.63, 3.8) is 0 Å². The van der Waals surface area contributed by atoms with Gasteiger partial charge in [-0.1, -0.05) is 24.0 Å². The number of carbonyl (C=O) groups excluding carboxylic acids is 2. The third-order valence-corrected chi connectivity index (χ3v) is 2.42. The second-order valence-corrected chi connectivity index (χ2v) is 5.62. The van der Waals surface area contributed by atoms with Gasteiger partial charge in [0.2, 0.25) is 0 Å². The molecular formula is C17H21NO3. The summed E-state index contributed by atoms with van der Waals surface area (Å²) in [5, 5.41) is 2.64. The van der Waals surface area contributed by atoms with Crippen LogP contribution in [-0.2, 0) is 4.74 Å². The van der Waals surface area contributed by atoms with E-state index in [1.807, 2.05) is 26.8 Å². The molecule has 0 saturated heterocycles. The van der Waals surface area contributed by atoms with Gasteiger partial charge in [0.05, 0.1) is 0 Å². The van der Waals surface area contributed by atoms with Crippen LogP contribution < -0.4 is 5.32 Å². The summed E-state index contributed by atoms with van der Waals surface area (Å²) >= 11 is 0. The Morgan fingerprint density at radius 3 is 2.62 bits per heavy atom. The van der Waals surface area contributed by atoms with Gasteiger partial charge < -0.3 is 10.1 Å². The first-order valence-corrected chi connectivity index (χ1v) is 6.84. The summed E-state index contributed by atoms with van der Waals surface area (Å²) in [7, 11) is 0. The van der Waals surface area contributed by atoms with E-state index in [1.54, 1.807) is 18.2 Å². The summed E-state index contributed by atoms with van der Waals surface area (Å²) in [5.74, 6) is 5.94.